The highest BCUT2D eigenvalue weighted by molar-refractivity contribution is 5.76. The maximum Gasteiger partial charge on any atom is 0.222 e. The Balaban J connectivity index is 1.76. The van der Waals surface area contributed by atoms with E-state index in [4.69, 9.17) is 4.74 Å². The monoisotopic (exact) mass is 430 g/mol. The normalized spacial score (nSPS) is 22.0. The number of ether oxygens (including phenoxy) is 1. The predicted octanol–water partition coefficient (Wildman–Crippen LogP) is 1.33. The van der Waals surface area contributed by atoms with Gasteiger partial charge in [-0.25, -0.2) is 0 Å². The molecule has 2 aromatic heterocycles. The summed E-state index contributed by atoms with van der Waals surface area (Å²) in [7, 11) is 2.06. The number of nitrogens with zero attached hydrogens (tertiary/aromatic N) is 6. The van der Waals surface area contributed by atoms with Crippen LogP contribution >= 0.6 is 0 Å². The Hall–Kier alpha value is -2.36. The number of aliphatic hydroxyl groups excluding tert-OH is 1. The zero-order valence-corrected chi connectivity index (χ0v) is 18.7. The van der Waals surface area contributed by atoms with Crippen LogP contribution < -0.4 is 0 Å². The summed E-state index contributed by atoms with van der Waals surface area (Å²) < 4.78 is 8.06. The Morgan fingerprint density at radius 3 is 2.87 bits per heavy atom. The van der Waals surface area contributed by atoms with Gasteiger partial charge in [-0.1, -0.05) is 12.1 Å². The van der Waals surface area contributed by atoms with Crippen molar-refractivity contribution in [1.82, 2.24) is 29.8 Å². The minimum Gasteiger partial charge on any atom is -0.394 e. The number of rotatable bonds is 6. The van der Waals surface area contributed by atoms with Gasteiger partial charge in [-0.3, -0.25) is 19.4 Å². The number of carbonyl (C=O) groups is 1. The van der Waals surface area contributed by atoms with Crippen LogP contribution in [-0.2, 0) is 29.2 Å². The molecule has 3 atom stereocenters. The molecule has 31 heavy (non-hydrogen) atoms. The van der Waals surface area contributed by atoms with Crippen molar-refractivity contribution in [2.45, 2.75) is 58.5 Å². The molecule has 1 amide bonds. The van der Waals surface area contributed by atoms with Crippen molar-refractivity contribution < 1.29 is 14.6 Å². The fraction of sp³-hybridized carbons (Fsp3) is 0.636. The van der Waals surface area contributed by atoms with E-state index in [1.165, 1.54) is 5.56 Å². The number of aromatic nitrogens is 4. The van der Waals surface area contributed by atoms with Crippen LogP contribution in [0.3, 0.4) is 0 Å². The molecule has 0 unspecified atom stereocenters. The van der Waals surface area contributed by atoms with Gasteiger partial charge >= 0.3 is 0 Å². The summed E-state index contributed by atoms with van der Waals surface area (Å²) in [4.78, 5) is 21.0. The molecule has 3 rings (SSSR count). The maximum atomic E-state index is 12.9. The summed E-state index contributed by atoms with van der Waals surface area (Å²) in [5.74, 6) is 0.130. The summed E-state index contributed by atoms with van der Waals surface area (Å²) in [5, 5.41) is 18.1. The van der Waals surface area contributed by atoms with Crippen LogP contribution in [0.1, 0.15) is 37.9 Å². The highest BCUT2D eigenvalue weighted by Gasteiger charge is 2.28. The van der Waals surface area contributed by atoms with Gasteiger partial charge in [-0.05, 0) is 38.1 Å². The number of hydrogen-bond acceptors (Lipinski definition) is 7. The number of hydrogen-bond donors (Lipinski definition) is 1. The number of carbonyl (C=O) groups excluding carboxylic acids is 1. The number of aliphatic hydroxyl groups is 1. The Labute approximate surface area is 184 Å². The van der Waals surface area contributed by atoms with Crippen molar-refractivity contribution in [3.63, 3.8) is 0 Å². The summed E-state index contributed by atoms with van der Waals surface area (Å²) in [6, 6.07) is 3.78. The molecule has 1 aliphatic heterocycles. The number of amides is 1. The van der Waals surface area contributed by atoms with E-state index in [0.717, 1.165) is 12.2 Å². The third-order valence-corrected chi connectivity index (χ3v) is 5.74. The summed E-state index contributed by atoms with van der Waals surface area (Å²) >= 11 is 0. The van der Waals surface area contributed by atoms with Crippen molar-refractivity contribution in [1.29, 1.82) is 0 Å². The molecule has 9 nitrogen and oxygen atoms in total. The molecule has 9 heteroatoms. The van der Waals surface area contributed by atoms with Gasteiger partial charge in [0.2, 0.25) is 5.91 Å². The van der Waals surface area contributed by atoms with Crippen molar-refractivity contribution >= 4 is 5.91 Å². The maximum absolute atomic E-state index is 12.9. The molecule has 0 spiro atoms. The zero-order valence-electron chi connectivity index (χ0n) is 18.7. The summed E-state index contributed by atoms with van der Waals surface area (Å²) in [6.07, 6.45) is 6.47. The van der Waals surface area contributed by atoms with Gasteiger partial charge in [0.25, 0.3) is 0 Å². The van der Waals surface area contributed by atoms with Gasteiger partial charge in [0.05, 0.1) is 31.6 Å². The topological polar surface area (TPSA) is 96.6 Å². The minimum absolute atomic E-state index is 0.0527. The van der Waals surface area contributed by atoms with E-state index in [1.54, 1.807) is 22.0 Å². The average molecular weight is 431 g/mol. The number of aryl methyl sites for hydroxylation is 1. The minimum atomic E-state index is -0.229. The zero-order chi connectivity index (χ0) is 22.2. The highest BCUT2D eigenvalue weighted by Crippen LogP contribution is 2.18. The standard InChI is InChI=1S/C22H34N6O3/c1-17-11-28(18(2)15-29)22(30)5-4-10-27-13-20(24-25-27)16-31-21(17)14-26(3)12-19-6-8-23-9-7-19/h6-9,13,17-18,21,29H,4-5,10-12,14-16H2,1-3H3/t17-,18+,21-/m0/s1. The molecule has 2 aromatic rings. The average Bonchev–Trinajstić information content (AvgIpc) is 3.22. The second kappa shape index (κ2) is 11.3. The van der Waals surface area contributed by atoms with Gasteiger partial charge in [-0.15, -0.1) is 5.10 Å². The molecule has 0 radical (unpaired) electrons. The molecule has 0 fully saturated rings. The second-order valence-corrected chi connectivity index (χ2v) is 8.53. The van der Waals surface area contributed by atoms with Crippen molar-refractivity contribution in [3.05, 3.63) is 42.0 Å². The Morgan fingerprint density at radius 1 is 1.35 bits per heavy atom. The lowest BCUT2D eigenvalue weighted by Crippen LogP contribution is -2.47. The molecule has 1 aliphatic rings. The molecule has 0 aromatic carbocycles. The lowest BCUT2D eigenvalue weighted by molar-refractivity contribution is -0.136. The number of fused-ring (bicyclic) bond motifs is 2. The van der Waals surface area contributed by atoms with E-state index in [-0.39, 0.29) is 30.6 Å². The fourth-order valence-electron chi connectivity index (χ4n) is 3.86. The molecule has 1 N–H and O–H groups in total. The molecule has 3 heterocycles. The quantitative estimate of drug-likeness (QED) is 0.738. The van der Waals surface area contributed by atoms with E-state index in [2.05, 4.69) is 34.2 Å². The van der Waals surface area contributed by atoms with E-state index < -0.39 is 0 Å². The Kier molecular flexibility index (Phi) is 8.51. The molecule has 0 aliphatic carbocycles. The first-order valence-corrected chi connectivity index (χ1v) is 10.9. The van der Waals surface area contributed by atoms with E-state index >= 15 is 0 Å². The van der Waals surface area contributed by atoms with Crippen LogP contribution in [0.4, 0.5) is 0 Å². The van der Waals surface area contributed by atoms with Gasteiger partial charge < -0.3 is 14.7 Å². The van der Waals surface area contributed by atoms with Crippen LogP contribution in [-0.4, -0.2) is 79.7 Å². The van der Waals surface area contributed by atoms with Gasteiger partial charge in [0, 0.05) is 50.9 Å². The van der Waals surface area contributed by atoms with E-state index in [9.17, 15) is 9.90 Å². The summed E-state index contributed by atoms with van der Waals surface area (Å²) in [5.41, 5.74) is 1.98. The molecule has 0 saturated carbocycles. The van der Waals surface area contributed by atoms with Crippen LogP contribution in [0.25, 0.3) is 0 Å². The molecule has 0 saturated heterocycles. The molecule has 2 bridgehead atoms. The molecular formula is C22H34N6O3. The van der Waals surface area contributed by atoms with Crippen LogP contribution in [0.2, 0.25) is 0 Å². The number of likely N-dealkylation sites (N-methyl/N-ethyl adjacent to an activating group) is 1. The third-order valence-electron chi connectivity index (χ3n) is 5.74. The summed E-state index contributed by atoms with van der Waals surface area (Å²) in [6.45, 7) is 6.96. The fourth-order valence-corrected chi connectivity index (χ4v) is 3.86. The van der Waals surface area contributed by atoms with E-state index in [0.29, 0.717) is 39.1 Å². The van der Waals surface area contributed by atoms with Crippen LogP contribution in [0, 0.1) is 5.92 Å². The predicted molar refractivity (Wildman–Crippen MR) is 116 cm³/mol. The largest absolute Gasteiger partial charge is 0.394 e. The van der Waals surface area contributed by atoms with Crippen LogP contribution in [0.5, 0.6) is 0 Å². The molecule has 170 valence electrons. The molecular weight excluding hydrogens is 396 g/mol. The van der Waals surface area contributed by atoms with Gasteiger partial charge in [-0.2, -0.15) is 0 Å². The lowest BCUT2D eigenvalue weighted by Gasteiger charge is -2.35. The first-order valence-electron chi connectivity index (χ1n) is 10.9. The second-order valence-electron chi connectivity index (χ2n) is 8.53. The Bertz CT molecular complexity index is 815. The van der Waals surface area contributed by atoms with Gasteiger partial charge in [0.15, 0.2) is 0 Å². The van der Waals surface area contributed by atoms with Gasteiger partial charge in [0.1, 0.15) is 5.69 Å². The first kappa shape index (κ1) is 23.3. The third kappa shape index (κ3) is 6.81. The Morgan fingerprint density at radius 2 is 2.13 bits per heavy atom. The number of pyridine rings is 1. The lowest BCUT2D eigenvalue weighted by atomic mass is 10.0. The van der Waals surface area contributed by atoms with Crippen molar-refractivity contribution in [2.24, 2.45) is 5.92 Å². The van der Waals surface area contributed by atoms with Crippen molar-refractivity contribution in [3.8, 4) is 0 Å². The van der Waals surface area contributed by atoms with Crippen molar-refractivity contribution in [2.75, 3.05) is 26.7 Å². The highest BCUT2D eigenvalue weighted by atomic mass is 16.5. The smallest absolute Gasteiger partial charge is 0.222 e. The van der Waals surface area contributed by atoms with E-state index in [1.807, 2.05) is 25.3 Å². The van der Waals surface area contributed by atoms with Crippen LogP contribution in [0.15, 0.2) is 30.7 Å². The first-order chi connectivity index (χ1) is 15.0. The SMILES string of the molecule is C[C@H](CO)N1C[C@H](C)[C@H](CN(C)Cc2ccncc2)OCc2cn(nn2)CCCC1=O.